The summed E-state index contributed by atoms with van der Waals surface area (Å²) in [6, 6.07) is 4.48. The summed E-state index contributed by atoms with van der Waals surface area (Å²) < 4.78 is 4.01. The van der Waals surface area contributed by atoms with Gasteiger partial charge in [0.1, 0.15) is 5.82 Å². The average molecular weight is 282 g/mol. The topological polar surface area (TPSA) is 51.2 Å². The fourth-order valence-corrected chi connectivity index (χ4v) is 3.04. The molecule has 0 saturated carbocycles. The van der Waals surface area contributed by atoms with E-state index in [9.17, 15) is 0 Å². The molecule has 6 heteroatoms. The van der Waals surface area contributed by atoms with Crippen LogP contribution in [0, 0.1) is 13.8 Å². The summed E-state index contributed by atoms with van der Waals surface area (Å²) in [6.45, 7) is 6.08. The van der Waals surface area contributed by atoms with Crippen LogP contribution in [-0.4, -0.2) is 37.5 Å². The Morgan fingerprint density at radius 3 is 2.95 bits per heavy atom. The van der Waals surface area contributed by atoms with Gasteiger partial charge in [0.25, 0.3) is 0 Å². The standard InChI is InChI=1S/C15H18N6/c1-11-8-17-20(9-11)13-4-6-19(10-13)15-7-12(2)18-14-3-5-16-21(14)15/h3,5,7-9,13H,4,6,10H2,1-2H3. The largest absolute Gasteiger partial charge is 0.354 e. The lowest BCUT2D eigenvalue weighted by atomic mass is 10.3. The molecule has 0 aromatic carbocycles. The van der Waals surface area contributed by atoms with Crippen LogP contribution < -0.4 is 4.90 Å². The number of nitrogens with zero attached hydrogens (tertiary/aromatic N) is 6. The van der Waals surface area contributed by atoms with Gasteiger partial charge in [0.05, 0.1) is 18.4 Å². The Morgan fingerprint density at radius 1 is 1.24 bits per heavy atom. The van der Waals surface area contributed by atoms with Crippen molar-refractivity contribution < 1.29 is 0 Å². The molecule has 0 radical (unpaired) electrons. The lowest BCUT2D eigenvalue weighted by Gasteiger charge is -2.20. The predicted octanol–water partition coefficient (Wildman–Crippen LogP) is 1.99. The van der Waals surface area contributed by atoms with E-state index in [4.69, 9.17) is 0 Å². The molecule has 0 N–H and O–H groups in total. The quantitative estimate of drug-likeness (QED) is 0.721. The molecule has 0 amide bonds. The van der Waals surface area contributed by atoms with E-state index in [0.717, 1.165) is 36.7 Å². The number of hydrogen-bond donors (Lipinski definition) is 0. The van der Waals surface area contributed by atoms with Crippen LogP contribution in [0.4, 0.5) is 5.82 Å². The number of aryl methyl sites for hydroxylation is 2. The second-order valence-corrected chi connectivity index (χ2v) is 5.74. The Balaban J connectivity index is 1.66. The molecule has 3 aromatic rings. The second kappa shape index (κ2) is 4.58. The van der Waals surface area contributed by atoms with Crippen molar-refractivity contribution in [1.29, 1.82) is 0 Å². The van der Waals surface area contributed by atoms with Crippen LogP contribution in [0.3, 0.4) is 0 Å². The van der Waals surface area contributed by atoms with Crippen molar-refractivity contribution in [2.45, 2.75) is 26.3 Å². The van der Waals surface area contributed by atoms with E-state index in [2.05, 4.69) is 44.0 Å². The minimum Gasteiger partial charge on any atom is -0.354 e. The molecule has 1 atom stereocenters. The van der Waals surface area contributed by atoms with Crippen molar-refractivity contribution in [1.82, 2.24) is 24.4 Å². The monoisotopic (exact) mass is 282 g/mol. The first-order valence-corrected chi connectivity index (χ1v) is 7.28. The molecule has 0 aliphatic carbocycles. The van der Waals surface area contributed by atoms with Crippen molar-refractivity contribution in [3.63, 3.8) is 0 Å². The minimum absolute atomic E-state index is 0.429. The normalized spacial score (nSPS) is 18.8. The first kappa shape index (κ1) is 12.4. The van der Waals surface area contributed by atoms with Gasteiger partial charge in [0.15, 0.2) is 5.65 Å². The average Bonchev–Trinajstić information content (AvgIpc) is 3.15. The first-order chi connectivity index (χ1) is 10.2. The molecule has 108 valence electrons. The van der Waals surface area contributed by atoms with Crippen LogP contribution in [0.2, 0.25) is 0 Å². The minimum atomic E-state index is 0.429. The molecule has 0 spiro atoms. The highest BCUT2D eigenvalue weighted by Crippen LogP contribution is 2.27. The van der Waals surface area contributed by atoms with E-state index in [1.54, 1.807) is 6.20 Å². The Bertz CT molecular complexity index is 786. The molecular weight excluding hydrogens is 264 g/mol. The van der Waals surface area contributed by atoms with Crippen LogP contribution in [0.5, 0.6) is 0 Å². The molecule has 3 aromatic heterocycles. The first-order valence-electron chi connectivity index (χ1n) is 7.28. The molecule has 6 nitrogen and oxygen atoms in total. The van der Waals surface area contributed by atoms with Crippen LogP contribution in [-0.2, 0) is 0 Å². The number of fused-ring (bicyclic) bond motifs is 1. The summed E-state index contributed by atoms with van der Waals surface area (Å²) in [5, 5.41) is 8.85. The molecule has 1 saturated heterocycles. The third-order valence-electron chi connectivity index (χ3n) is 4.06. The molecular formula is C15H18N6. The summed E-state index contributed by atoms with van der Waals surface area (Å²) in [5.41, 5.74) is 3.14. The summed E-state index contributed by atoms with van der Waals surface area (Å²) in [7, 11) is 0. The molecule has 1 fully saturated rings. The van der Waals surface area contributed by atoms with Gasteiger partial charge < -0.3 is 4.90 Å². The lowest BCUT2D eigenvalue weighted by Crippen LogP contribution is -2.24. The smallest absolute Gasteiger partial charge is 0.157 e. The number of rotatable bonds is 2. The van der Waals surface area contributed by atoms with Crippen LogP contribution in [0.1, 0.15) is 23.7 Å². The van der Waals surface area contributed by atoms with Crippen molar-refractivity contribution in [2.75, 3.05) is 18.0 Å². The number of anilines is 1. The fraction of sp³-hybridized carbons (Fsp3) is 0.400. The Morgan fingerprint density at radius 2 is 2.14 bits per heavy atom. The number of aromatic nitrogens is 5. The van der Waals surface area contributed by atoms with E-state index in [1.807, 2.05) is 23.7 Å². The van der Waals surface area contributed by atoms with Crippen LogP contribution in [0.25, 0.3) is 5.65 Å². The van der Waals surface area contributed by atoms with E-state index in [-0.39, 0.29) is 0 Å². The third-order valence-corrected chi connectivity index (χ3v) is 4.06. The third kappa shape index (κ3) is 2.07. The van der Waals surface area contributed by atoms with E-state index < -0.39 is 0 Å². The van der Waals surface area contributed by atoms with E-state index in [1.165, 1.54) is 5.56 Å². The zero-order valence-corrected chi connectivity index (χ0v) is 12.3. The van der Waals surface area contributed by atoms with Gasteiger partial charge in [-0.2, -0.15) is 14.7 Å². The van der Waals surface area contributed by atoms with Crippen molar-refractivity contribution in [2.24, 2.45) is 0 Å². The fourth-order valence-electron chi connectivity index (χ4n) is 3.04. The van der Waals surface area contributed by atoms with E-state index >= 15 is 0 Å². The van der Waals surface area contributed by atoms with Gasteiger partial charge in [0.2, 0.25) is 0 Å². The number of hydrogen-bond acceptors (Lipinski definition) is 4. The molecule has 21 heavy (non-hydrogen) atoms. The molecule has 0 bridgehead atoms. The second-order valence-electron chi connectivity index (χ2n) is 5.74. The Kier molecular flexibility index (Phi) is 2.70. The predicted molar refractivity (Wildman–Crippen MR) is 80.6 cm³/mol. The molecule has 4 heterocycles. The van der Waals surface area contributed by atoms with Gasteiger partial charge in [-0.1, -0.05) is 0 Å². The van der Waals surface area contributed by atoms with Crippen molar-refractivity contribution in [3.05, 3.63) is 42.0 Å². The molecule has 4 rings (SSSR count). The maximum Gasteiger partial charge on any atom is 0.157 e. The molecule has 1 unspecified atom stereocenters. The van der Waals surface area contributed by atoms with Gasteiger partial charge in [0, 0.05) is 37.1 Å². The van der Waals surface area contributed by atoms with Crippen molar-refractivity contribution in [3.8, 4) is 0 Å². The van der Waals surface area contributed by atoms with Crippen LogP contribution in [0.15, 0.2) is 30.7 Å². The maximum atomic E-state index is 4.50. The lowest BCUT2D eigenvalue weighted by molar-refractivity contribution is 0.494. The highest BCUT2D eigenvalue weighted by molar-refractivity contribution is 5.51. The molecule has 1 aliphatic heterocycles. The summed E-state index contributed by atoms with van der Waals surface area (Å²) in [4.78, 5) is 6.88. The van der Waals surface area contributed by atoms with Gasteiger partial charge >= 0.3 is 0 Å². The SMILES string of the molecule is Cc1cnn(C2CCN(c3cc(C)nc4ccnn34)C2)c1. The van der Waals surface area contributed by atoms with Gasteiger partial charge in [-0.25, -0.2) is 4.98 Å². The summed E-state index contributed by atoms with van der Waals surface area (Å²) >= 11 is 0. The van der Waals surface area contributed by atoms with Gasteiger partial charge in [-0.05, 0) is 25.8 Å². The highest BCUT2D eigenvalue weighted by atomic mass is 15.4. The summed E-state index contributed by atoms with van der Waals surface area (Å²) in [6.07, 6.45) is 6.95. The van der Waals surface area contributed by atoms with E-state index in [0.29, 0.717) is 6.04 Å². The zero-order valence-electron chi connectivity index (χ0n) is 12.3. The highest BCUT2D eigenvalue weighted by Gasteiger charge is 2.26. The van der Waals surface area contributed by atoms with Crippen molar-refractivity contribution >= 4 is 11.5 Å². The zero-order chi connectivity index (χ0) is 14.4. The Hall–Kier alpha value is -2.37. The molecule has 1 aliphatic rings. The van der Waals surface area contributed by atoms with Crippen LogP contribution >= 0.6 is 0 Å². The summed E-state index contributed by atoms with van der Waals surface area (Å²) in [5.74, 6) is 1.12. The van der Waals surface area contributed by atoms with Gasteiger partial charge in [-0.3, -0.25) is 4.68 Å². The van der Waals surface area contributed by atoms with Gasteiger partial charge in [-0.15, -0.1) is 0 Å². The maximum absolute atomic E-state index is 4.50. The Labute approximate surface area is 123 Å².